The Morgan fingerprint density at radius 3 is 2.44 bits per heavy atom. The number of carbonyl (C=O) groups is 1. The summed E-state index contributed by atoms with van der Waals surface area (Å²) in [7, 11) is 0. The number of halogens is 2. The number of hydrogen-bond acceptors (Lipinski definition) is 1. The first kappa shape index (κ1) is 20.1. The minimum Gasteiger partial charge on any atom is -0.350 e. The number of amides is 1. The third-order valence-electron chi connectivity index (χ3n) is 5.26. The zero-order valence-corrected chi connectivity index (χ0v) is 17.0. The van der Waals surface area contributed by atoms with Crippen LogP contribution in [0.1, 0.15) is 46.1 Å². The summed E-state index contributed by atoms with van der Waals surface area (Å²) >= 11 is 12.2. The van der Waals surface area contributed by atoms with Crippen molar-refractivity contribution in [1.29, 1.82) is 0 Å². The molecule has 3 atom stereocenters. The third-order valence-corrected chi connectivity index (χ3v) is 6.00. The Balaban J connectivity index is 1.96. The predicted molar refractivity (Wildman–Crippen MR) is 107 cm³/mol. The van der Waals surface area contributed by atoms with Gasteiger partial charge in [-0.2, -0.15) is 0 Å². The average Bonchev–Trinajstić information content (AvgIpc) is 3.07. The van der Waals surface area contributed by atoms with E-state index in [4.69, 9.17) is 23.2 Å². The first-order valence-corrected chi connectivity index (χ1v) is 9.50. The van der Waals surface area contributed by atoms with Gasteiger partial charge in [0.1, 0.15) is 0 Å². The van der Waals surface area contributed by atoms with Crippen LogP contribution in [0.25, 0.3) is 0 Å². The molecule has 2 nitrogen and oxygen atoms in total. The van der Waals surface area contributed by atoms with Crippen molar-refractivity contribution in [3.63, 3.8) is 0 Å². The highest BCUT2D eigenvalue weighted by Gasteiger charge is 2.56. The molecule has 1 aromatic carbocycles. The first-order chi connectivity index (χ1) is 11.6. The molecule has 1 aliphatic rings. The molecule has 1 aliphatic carbocycles. The molecule has 136 valence electrons. The van der Waals surface area contributed by atoms with Gasteiger partial charge in [-0.15, -0.1) is 0 Å². The van der Waals surface area contributed by atoms with E-state index in [-0.39, 0.29) is 17.4 Å². The van der Waals surface area contributed by atoms with Gasteiger partial charge in [-0.25, -0.2) is 0 Å². The Morgan fingerprint density at radius 1 is 1.16 bits per heavy atom. The summed E-state index contributed by atoms with van der Waals surface area (Å²) < 4.78 is 0. The topological polar surface area (TPSA) is 29.1 Å². The van der Waals surface area contributed by atoms with Gasteiger partial charge in [0.05, 0.1) is 10.0 Å². The largest absolute Gasteiger partial charge is 0.350 e. The van der Waals surface area contributed by atoms with Crippen LogP contribution in [-0.2, 0) is 4.79 Å². The fourth-order valence-electron chi connectivity index (χ4n) is 3.15. The van der Waals surface area contributed by atoms with Crippen molar-refractivity contribution in [1.82, 2.24) is 5.32 Å². The minimum absolute atomic E-state index is 0.0538. The zero-order chi connectivity index (χ0) is 18.8. The van der Waals surface area contributed by atoms with E-state index < -0.39 is 0 Å². The van der Waals surface area contributed by atoms with Gasteiger partial charge >= 0.3 is 0 Å². The van der Waals surface area contributed by atoms with E-state index in [1.807, 2.05) is 37.3 Å². The fraction of sp³-hybridized carbons (Fsp3) is 0.476. The third kappa shape index (κ3) is 4.89. The molecule has 0 bridgehead atoms. The summed E-state index contributed by atoms with van der Waals surface area (Å²) in [6.07, 6.45) is 7.52. The molecule has 0 aliphatic heterocycles. The molecule has 1 saturated carbocycles. The van der Waals surface area contributed by atoms with E-state index >= 15 is 0 Å². The van der Waals surface area contributed by atoms with Crippen molar-refractivity contribution in [2.24, 2.45) is 17.3 Å². The fourth-order valence-corrected chi connectivity index (χ4v) is 3.45. The van der Waals surface area contributed by atoms with E-state index in [0.29, 0.717) is 27.8 Å². The van der Waals surface area contributed by atoms with Gasteiger partial charge in [-0.1, -0.05) is 75.2 Å². The van der Waals surface area contributed by atoms with Crippen molar-refractivity contribution in [3.8, 4) is 0 Å². The van der Waals surface area contributed by atoms with Crippen LogP contribution in [0.2, 0.25) is 10.0 Å². The summed E-state index contributed by atoms with van der Waals surface area (Å²) in [5.74, 6) is 1.21. The molecular weight excluding hydrogens is 353 g/mol. The normalized spacial score (nSPS) is 23.4. The summed E-state index contributed by atoms with van der Waals surface area (Å²) in [5.41, 5.74) is 1.39. The Labute approximate surface area is 161 Å². The Hall–Kier alpha value is -1.25. The first-order valence-electron chi connectivity index (χ1n) is 8.75. The van der Waals surface area contributed by atoms with Crippen LogP contribution < -0.4 is 5.32 Å². The van der Waals surface area contributed by atoms with E-state index in [9.17, 15) is 4.79 Å². The van der Waals surface area contributed by atoms with Crippen molar-refractivity contribution in [2.45, 2.75) is 46.6 Å². The van der Waals surface area contributed by atoms with Crippen molar-refractivity contribution < 1.29 is 4.79 Å². The van der Waals surface area contributed by atoms with E-state index in [1.54, 1.807) is 6.08 Å². The number of benzene rings is 1. The number of carbonyl (C=O) groups excluding carboxylic acids is 1. The lowest BCUT2D eigenvalue weighted by molar-refractivity contribution is -0.117. The van der Waals surface area contributed by atoms with Gasteiger partial charge in [0.25, 0.3) is 0 Å². The summed E-state index contributed by atoms with van der Waals surface area (Å²) in [5, 5.41) is 4.14. The van der Waals surface area contributed by atoms with Gasteiger partial charge in [-0.3, -0.25) is 4.79 Å². The van der Waals surface area contributed by atoms with Gasteiger partial charge in [0.15, 0.2) is 0 Å². The monoisotopic (exact) mass is 379 g/mol. The molecule has 1 unspecified atom stereocenters. The molecule has 1 fully saturated rings. The van der Waals surface area contributed by atoms with Crippen LogP contribution in [0.15, 0.2) is 42.5 Å². The Kier molecular flexibility index (Phi) is 6.40. The van der Waals surface area contributed by atoms with E-state index in [1.165, 1.54) is 5.56 Å². The molecule has 0 radical (unpaired) electrons. The standard InChI is InChI=1S/C21H27Cl2NO/c1-13(2)14(3)24-19(25)9-7-6-8-16-20(21(16,4)5)15-10-11-17(22)18(23)12-15/h6-14,16,20H,1-5H3,(H,24,25)/b8-6+,9-7+/t14?,16-,20-/m0/s1. The van der Waals surface area contributed by atoms with Crippen LogP contribution >= 0.6 is 23.2 Å². The van der Waals surface area contributed by atoms with Crippen LogP contribution in [0, 0.1) is 17.3 Å². The predicted octanol–water partition coefficient (Wildman–Crippen LogP) is 6.01. The second-order valence-corrected chi connectivity index (χ2v) is 8.60. The summed E-state index contributed by atoms with van der Waals surface area (Å²) in [6.45, 7) is 10.7. The molecule has 1 amide bonds. The number of hydrogen-bond donors (Lipinski definition) is 1. The average molecular weight is 380 g/mol. The quantitative estimate of drug-likeness (QED) is 0.476. The number of nitrogens with one attached hydrogen (secondary N) is 1. The molecule has 1 aromatic rings. The van der Waals surface area contributed by atoms with Gasteiger partial charge in [-0.05, 0) is 47.8 Å². The highest BCUT2D eigenvalue weighted by Crippen LogP contribution is 2.65. The lowest BCUT2D eigenvalue weighted by Gasteiger charge is -2.15. The molecule has 0 aromatic heterocycles. The highest BCUT2D eigenvalue weighted by molar-refractivity contribution is 6.42. The SMILES string of the molecule is CC(C)C(C)NC(=O)/C=C/C=C/[C@H]1[C@H](c2ccc(Cl)c(Cl)c2)C1(C)C. The molecule has 2 rings (SSSR count). The molecule has 25 heavy (non-hydrogen) atoms. The zero-order valence-electron chi connectivity index (χ0n) is 15.5. The molecule has 0 spiro atoms. The van der Waals surface area contributed by atoms with Crippen LogP contribution in [0.5, 0.6) is 0 Å². The Bertz CT molecular complexity index is 691. The van der Waals surface area contributed by atoms with Crippen LogP contribution in [0.3, 0.4) is 0 Å². The minimum atomic E-state index is -0.0538. The summed E-state index contributed by atoms with van der Waals surface area (Å²) in [4.78, 5) is 11.8. The van der Waals surface area contributed by atoms with Gasteiger partial charge in [0.2, 0.25) is 5.91 Å². The smallest absolute Gasteiger partial charge is 0.244 e. The summed E-state index contributed by atoms with van der Waals surface area (Å²) in [6, 6.07) is 6.03. The van der Waals surface area contributed by atoms with Crippen molar-refractivity contribution in [3.05, 3.63) is 58.1 Å². The maximum atomic E-state index is 11.8. The molecule has 0 heterocycles. The van der Waals surface area contributed by atoms with E-state index in [2.05, 4.69) is 39.1 Å². The maximum absolute atomic E-state index is 11.8. The van der Waals surface area contributed by atoms with Crippen LogP contribution in [0.4, 0.5) is 0 Å². The van der Waals surface area contributed by atoms with Crippen LogP contribution in [-0.4, -0.2) is 11.9 Å². The maximum Gasteiger partial charge on any atom is 0.244 e. The molecule has 1 N–H and O–H groups in total. The lowest BCUT2D eigenvalue weighted by Crippen LogP contribution is -2.34. The number of allylic oxidation sites excluding steroid dienone is 3. The highest BCUT2D eigenvalue weighted by atomic mass is 35.5. The lowest BCUT2D eigenvalue weighted by atomic mass is 10.0. The molecule has 0 saturated heterocycles. The second kappa shape index (κ2) is 7.97. The van der Waals surface area contributed by atoms with Gasteiger partial charge < -0.3 is 5.32 Å². The van der Waals surface area contributed by atoms with E-state index in [0.717, 1.165) is 0 Å². The Morgan fingerprint density at radius 2 is 1.84 bits per heavy atom. The van der Waals surface area contributed by atoms with Gasteiger partial charge in [0, 0.05) is 12.1 Å². The number of rotatable bonds is 6. The molecular formula is C21H27Cl2NO. The van der Waals surface area contributed by atoms with Crippen molar-refractivity contribution in [2.75, 3.05) is 0 Å². The molecule has 4 heteroatoms. The van der Waals surface area contributed by atoms with Crippen molar-refractivity contribution >= 4 is 29.1 Å². The second-order valence-electron chi connectivity index (χ2n) is 7.78.